The number of rotatable bonds is 64. The molecule has 0 spiro atoms. The first kappa shape index (κ1) is 75.8. The van der Waals surface area contributed by atoms with Gasteiger partial charge >= 0.3 is 17.9 Å². The Bertz CT molecular complexity index is 1330. The molecule has 0 fully saturated rings. The fourth-order valence-electron chi connectivity index (χ4n) is 10.2. The molecule has 0 aromatic heterocycles. The molecule has 0 saturated heterocycles. The highest BCUT2D eigenvalue weighted by Gasteiger charge is 2.25. The van der Waals surface area contributed by atoms with Crippen LogP contribution in [-0.4, -0.2) is 87.4 Å². The zero-order valence-electron chi connectivity index (χ0n) is 52.6. The van der Waals surface area contributed by atoms with Crippen LogP contribution in [0.15, 0.2) is 24.3 Å². The molecule has 0 radical (unpaired) electrons. The Kier molecular flexibility index (Phi) is 59.1. The van der Waals surface area contributed by atoms with Gasteiger partial charge in [-0.05, 0) is 44.9 Å². The predicted octanol–water partition coefficient (Wildman–Crippen LogP) is 20.6. The van der Waals surface area contributed by atoms with Gasteiger partial charge in [-0.1, -0.05) is 308 Å². The molecule has 0 rings (SSSR count). The zero-order chi connectivity index (χ0) is 56.9. The molecular weight excluding hydrogens is 971 g/mol. The number of likely N-dealkylation sites (N-methyl/N-ethyl adjacent to an activating group) is 1. The van der Waals surface area contributed by atoms with E-state index in [0.29, 0.717) is 17.4 Å². The number of unbranched alkanes of at least 4 members (excludes halogenated alkanes) is 45. The van der Waals surface area contributed by atoms with Crippen LogP contribution < -0.4 is 0 Å². The molecule has 0 aliphatic heterocycles. The number of allylic oxidation sites excluding steroid dienone is 4. The molecule has 0 heterocycles. The van der Waals surface area contributed by atoms with Gasteiger partial charge in [-0.25, -0.2) is 4.79 Å². The molecule has 0 saturated carbocycles. The van der Waals surface area contributed by atoms with Crippen molar-refractivity contribution in [3.63, 3.8) is 0 Å². The van der Waals surface area contributed by atoms with Crippen LogP contribution in [0.3, 0.4) is 0 Å². The molecule has 0 bridgehead atoms. The van der Waals surface area contributed by atoms with Crippen molar-refractivity contribution in [2.24, 2.45) is 0 Å². The van der Waals surface area contributed by atoms with Crippen molar-refractivity contribution in [3.05, 3.63) is 24.3 Å². The summed E-state index contributed by atoms with van der Waals surface area (Å²) in [5.41, 5.74) is 0. The van der Waals surface area contributed by atoms with Gasteiger partial charge in [-0.2, -0.15) is 0 Å². The van der Waals surface area contributed by atoms with Crippen LogP contribution in [0.1, 0.15) is 341 Å². The van der Waals surface area contributed by atoms with Crippen molar-refractivity contribution in [2.45, 2.75) is 354 Å². The summed E-state index contributed by atoms with van der Waals surface area (Å²) < 4.78 is 23.0. The molecule has 0 aromatic rings. The molecule has 9 nitrogen and oxygen atoms in total. The summed E-state index contributed by atoms with van der Waals surface area (Å²) in [5, 5.41) is 9.73. The van der Waals surface area contributed by atoms with Crippen molar-refractivity contribution in [3.8, 4) is 0 Å². The largest absolute Gasteiger partial charge is 0.477 e. The lowest BCUT2D eigenvalue weighted by atomic mass is 10.0. The van der Waals surface area contributed by atoms with Gasteiger partial charge in [-0.3, -0.25) is 9.59 Å². The number of hydrogen-bond donors (Lipinski definition) is 1. The maximum Gasteiger partial charge on any atom is 0.361 e. The smallest absolute Gasteiger partial charge is 0.361 e. The van der Waals surface area contributed by atoms with Crippen LogP contribution >= 0.6 is 0 Å². The average molecular weight is 1100 g/mol. The van der Waals surface area contributed by atoms with Gasteiger partial charge in [0.15, 0.2) is 6.10 Å². The molecule has 460 valence electrons. The highest BCUT2D eigenvalue weighted by molar-refractivity contribution is 5.71. The predicted molar refractivity (Wildman–Crippen MR) is 332 cm³/mol. The number of hydrogen-bond acceptors (Lipinski definition) is 7. The summed E-state index contributed by atoms with van der Waals surface area (Å²) in [4.78, 5) is 37.5. The van der Waals surface area contributed by atoms with E-state index in [2.05, 4.69) is 38.2 Å². The van der Waals surface area contributed by atoms with Crippen molar-refractivity contribution in [2.75, 3.05) is 47.5 Å². The number of ether oxygens (including phenoxy) is 4. The number of carboxylic acid groups (broad SMARTS) is 1. The summed E-state index contributed by atoms with van der Waals surface area (Å²) in [6.07, 6.45) is 71.5. The van der Waals surface area contributed by atoms with Gasteiger partial charge in [0.25, 0.3) is 6.29 Å². The van der Waals surface area contributed by atoms with Crippen LogP contribution in [0.25, 0.3) is 0 Å². The Morgan fingerprint density at radius 3 is 1.01 bits per heavy atom. The number of esters is 2. The Hall–Kier alpha value is -2.23. The molecule has 0 aliphatic rings. The molecule has 78 heavy (non-hydrogen) atoms. The van der Waals surface area contributed by atoms with Crippen LogP contribution in [-0.2, 0) is 33.3 Å². The molecule has 1 N–H and O–H groups in total. The molecule has 2 unspecified atom stereocenters. The van der Waals surface area contributed by atoms with Crippen molar-refractivity contribution in [1.82, 2.24) is 0 Å². The first-order chi connectivity index (χ1) is 38.1. The summed E-state index contributed by atoms with van der Waals surface area (Å²) in [5.74, 6) is -1.97. The lowest BCUT2D eigenvalue weighted by molar-refractivity contribution is -0.870. The van der Waals surface area contributed by atoms with E-state index >= 15 is 0 Å². The van der Waals surface area contributed by atoms with Gasteiger partial charge in [0.1, 0.15) is 13.2 Å². The van der Waals surface area contributed by atoms with Crippen molar-refractivity contribution < 1.29 is 42.9 Å². The highest BCUT2D eigenvalue weighted by atomic mass is 16.7. The van der Waals surface area contributed by atoms with Crippen molar-refractivity contribution in [1.29, 1.82) is 0 Å². The second kappa shape index (κ2) is 60.9. The molecular formula is C69H132NO8+. The fourth-order valence-corrected chi connectivity index (χ4v) is 10.2. The Morgan fingerprint density at radius 2 is 0.692 bits per heavy atom. The van der Waals surface area contributed by atoms with E-state index in [1.807, 2.05) is 21.1 Å². The lowest BCUT2D eigenvalue weighted by Crippen LogP contribution is -2.40. The van der Waals surface area contributed by atoms with Crippen LogP contribution in [0.4, 0.5) is 0 Å². The third-order valence-electron chi connectivity index (χ3n) is 15.5. The SMILES string of the molecule is CCCCCCC/C=C\C/C=C\CCCCCCCCCCCCCCCCCCCCCCCCCC(=O)OC(COC(=O)CCCCCCCCCCCCCCCCCCCC)COC(OCC[N+](C)(C)C)C(=O)O. The second-order valence-electron chi connectivity index (χ2n) is 24.5. The summed E-state index contributed by atoms with van der Waals surface area (Å²) in [6.45, 7) is 4.94. The van der Waals surface area contributed by atoms with Gasteiger partial charge in [0.2, 0.25) is 0 Å². The van der Waals surface area contributed by atoms with Gasteiger partial charge in [-0.15, -0.1) is 0 Å². The van der Waals surface area contributed by atoms with Crippen LogP contribution in [0.5, 0.6) is 0 Å². The number of carbonyl (C=O) groups excluding carboxylic acids is 2. The third kappa shape index (κ3) is 61.4. The number of carboxylic acids is 1. The first-order valence-corrected chi connectivity index (χ1v) is 34.0. The Morgan fingerprint density at radius 1 is 0.385 bits per heavy atom. The first-order valence-electron chi connectivity index (χ1n) is 34.0. The van der Waals surface area contributed by atoms with E-state index in [-0.39, 0.29) is 38.2 Å². The number of nitrogens with zero attached hydrogens (tertiary/aromatic N) is 1. The number of carbonyl (C=O) groups is 3. The van der Waals surface area contributed by atoms with Crippen LogP contribution in [0, 0.1) is 0 Å². The lowest BCUT2D eigenvalue weighted by Gasteiger charge is -2.25. The topological polar surface area (TPSA) is 108 Å². The molecule has 9 heteroatoms. The minimum atomic E-state index is -1.51. The monoisotopic (exact) mass is 1100 g/mol. The third-order valence-corrected chi connectivity index (χ3v) is 15.5. The molecule has 2 atom stereocenters. The van der Waals surface area contributed by atoms with E-state index in [1.54, 1.807) is 0 Å². The van der Waals surface area contributed by atoms with Crippen molar-refractivity contribution >= 4 is 17.9 Å². The Balaban J connectivity index is 4.01. The minimum Gasteiger partial charge on any atom is -0.477 e. The molecule has 0 amide bonds. The van der Waals surface area contributed by atoms with E-state index in [0.717, 1.165) is 44.9 Å². The summed E-state index contributed by atoms with van der Waals surface area (Å²) in [6, 6.07) is 0. The van der Waals surface area contributed by atoms with Crippen LogP contribution in [0.2, 0.25) is 0 Å². The summed E-state index contributed by atoms with van der Waals surface area (Å²) in [7, 11) is 5.99. The zero-order valence-corrected chi connectivity index (χ0v) is 52.6. The number of quaternary nitrogens is 1. The number of aliphatic carboxylic acids is 1. The minimum absolute atomic E-state index is 0.174. The molecule has 0 aliphatic carbocycles. The molecule has 0 aromatic carbocycles. The maximum absolute atomic E-state index is 12.9. The average Bonchev–Trinajstić information content (AvgIpc) is 3.41. The van der Waals surface area contributed by atoms with Gasteiger partial charge in [0, 0.05) is 12.8 Å². The normalized spacial score (nSPS) is 12.8. The Labute approximate surface area is 484 Å². The van der Waals surface area contributed by atoms with Gasteiger partial charge < -0.3 is 28.5 Å². The van der Waals surface area contributed by atoms with E-state index in [1.165, 1.54) is 270 Å². The van der Waals surface area contributed by atoms with Gasteiger partial charge in [0.05, 0.1) is 34.4 Å². The quantitative estimate of drug-likeness (QED) is 0.0211. The van der Waals surface area contributed by atoms with E-state index in [4.69, 9.17) is 18.9 Å². The van der Waals surface area contributed by atoms with E-state index in [9.17, 15) is 19.5 Å². The highest BCUT2D eigenvalue weighted by Crippen LogP contribution is 2.19. The fraction of sp³-hybridized carbons (Fsp3) is 0.899. The summed E-state index contributed by atoms with van der Waals surface area (Å²) >= 11 is 0. The second-order valence-corrected chi connectivity index (χ2v) is 24.5. The standard InChI is InChI=1S/C69H131NO8/c1-6-8-10-12-14-16-18-20-22-24-26-27-28-29-30-31-32-33-34-35-36-37-38-39-40-41-42-44-46-48-50-52-54-56-58-60-67(72)78-65(64-77-69(68(73)74)75-62-61-70(3,4)5)63-76-66(71)59-57-55-53-51-49-47-45-43-25-23-21-19-17-15-13-11-9-7-2/h18,20,24,26,65,69H,6-17,19,21-23,25,27-64H2,1-5H3/p+1/b20-18-,26-24-. The maximum atomic E-state index is 12.9. The van der Waals surface area contributed by atoms with E-state index < -0.39 is 18.4 Å².